The zero-order valence-corrected chi connectivity index (χ0v) is 18.1. The molecule has 1 saturated carbocycles. The summed E-state index contributed by atoms with van der Waals surface area (Å²) in [5.41, 5.74) is 1.87. The lowest BCUT2D eigenvalue weighted by molar-refractivity contribution is -0.140. The van der Waals surface area contributed by atoms with Crippen LogP contribution in [0.25, 0.3) is 0 Å². The van der Waals surface area contributed by atoms with E-state index in [4.69, 9.17) is 11.6 Å². The lowest BCUT2D eigenvalue weighted by Gasteiger charge is -2.29. The second-order valence-electron chi connectivity index (χ2n) is 7.97. The van der Waals surface area contributed by atoms with Crippen LogP contribution in [0.1, 0.15) is 48.0 Å². The Hall–Kier alpha value is -3.19. The lowest BCUT2D eigenvalue weighted by atomic mass is 9.94. The Balaban J connectivity index is 1.36. The van der Waals surface area contributed by atoms with Gasteiger partial charge >= 0.3 is 0 Å². The molecule has 2 aromatic carbocycles. The summed E-state index contributed by atoms with van der Waals surface area (Å²) in [6.45, 7) is 0.281. The molecule has 0 saturated heterocycles. The molecule has 0 aromatic heterocycles. The van der Waals surface area contributed by atoms with Gasteiger partial charge in [0.1, 0.15) is 16.5 Å². The number of hydrogen-bond acceptors (Lipinski definition) is 4. The smallest absolute Gasteiger partial charge is 0.278 e. The van der Waals surface area contributed by atoms with Crippen LogP contribution in [0.2, 0.25) is 0 Å². The number of carbonyl (C=O) groups is 3. The van der Waals surface area contributed by atoms with E-state index in [1.165, 1.54) is 29.2 Å². The SMILES string of the molecule is O=C(Nc1ccc(F)cc1)c1ccc(CNC2=C(Cl)C(=O)N(C3CCCCC3)C2=O)cc1. The first-order valence-corrected chi connectivity index (χ1v) is 11.0. The summed E-state index contributed by atoms with van der Waals surface area (Å²) in [6.07, 6.45) is 4.76. The van der Waals surface area contributed by atoms with Crippen molar-refractivity contribution in [2.75, 3.05) is 5.32 Å². The summed E-state index contributed by atoms with van der Waals surface area (Å²) >= 11 is 6.19. The minimum Gasteiger partial charge on any atom is -0.375 e. The molecule has 3 amide bonds. The van der Waals surface area contributed by atoms with Crippen LogP contribution in [0.4, 0.5) is 10.1 Å². The normalized spacial score (nSPS) is 17.1. The van der Waals surface area contributed by atoms with Crippen LogP contribution in [-0.2, 0) is 16.1 Å². The highest BCUT2D eigenvalue weighted by molar-refractivity contribution is 6.47. The van der Waals surface area contributed by atoms with Crippen molar-refractivity contribution >= 4 is 35.0 Å². The molecule has 1 aliphatic heterocycles. The molecule has 4 rings (SSSR count). The number of imide groups is 1. The monoisotopic (exact) mass is 455 g/mol. The maximum Gasteiger partial charge on any atom is 0.278 e. The number of nitrogens with zero attached hydrogens (tertiary/aromatic N) is 1. The quantitative estimate of drug-likeness (QED) is 0.636. The zero-order valence-electron chi connectivity index (χ0n) is 17.4. The first-order valence-electron chi connectivity index (χ1n) is 10.6. The second-order valence-corrected chi connectivity index (χ2v) is 8.35. The van der Waals surface area contributed by atoms with E-state index in [1.54, 1.807) is 24.3 Å². The molecule has 0 spiro atoms. The number of halogens is 2. The zero-order chi connectivity index (χ0) is 22.7. The van der Waals surface area contributed by atoms with E-state index < -0.39 is 5.91 Å². The summed E-state index contributed by atoms with van der Waals surface area (Å²) in [5.74, 6) is -1.50. The third-order valence-electron chi connectivity index (χ3n) is 5.79. The number of amides is 3. The fourth-order valence-electron chi connectivity index (χ4n) is 4.04. The highest BCUT2D eigenvalue weighted by atomic mass is 35.5. The molecule has 2 aromatic rings. The largest absolute Gasteiger partial charge is 0.375 e. The number of carbonyl (C=O) groups excluding carboxylic acids is 3. The van der Waals surface area contributed by atoms with Gasteiger partial charge < -0.3 is 10.6 Å². The van der Waals surface area contributed by atoms with Gasteiger partial charge in [-0.05, 0) is 54.8 Å². The Morgan fingerprint density at radius 3 is 2.28 bits per heavy atom. The van der Waals surface area contributed by atoms with Gasteiger partial charge in [0.2, 0.25) is 0 Å². The summed E-state index contributed by atoms with van der Waals surface area (Å²) < 4.78 is 13.0. The Kier molecular flexibility index (Phi) is 6.55. The van der Waals surface area contributed by atoms with Gasteiger partial charge in [-0.3, -0.25) is 19.3 Å². The molecule has 1 aliphatic carbocycles. The summed E-state index contributed by atoms with van der Waals surface area (Å²) in [5, 5.41) is 5.62. The van der Waals surface area contributed by atoms with Gasteiger partial charge in [0.05, 0.1) is 0 Å². The molecule has 1 heterocycles. The third kappa shape index (κ3) is 4.67. The molecule has 166 valence electrons. The van der Waals surface area contributed by atoms with Gasteiger partial charge in [-0.1, -0.05) is 43.0 Å². The average molecular weight is 456 g/mol. The van der Waals surface area contributed by atoms with Crippen LogP contribution < -0.4 is 10.6 Å². The van der Waals surface area contributed by atoms with Crippen molar-refractivity contribution in [1.82, 2.24) is 10.2 Å². The maximum absolute atomic E-state index is 13.0. The Morgan fingerprint density at radius 2 is 1.62 bits per heavy atom. The van der Waals surface area contributed by atoms with Crippen molar-refractivity contribution in [2.24, 2.45) is 0 Å². The predicted octanol–water partition coefficient (Wildman–Crippen LogP) is 4.32. The predicted molar refractivity (Wildman–Crippen MR) is 119 cm³/mol. The third-order valence-corrected chi connectivity index (χ3v) is 6.14. The molecule has 0 unspecified atom stereocenters. The van der Waals surface area contributed by atoms with Crippen LogP contribution in [-0.4, -0.2) is 28.7 Å². The van der Waals surface area contributed by atoms with Gasteiger partial charge in [-0.15, -0.1) is 0 Å². The average Bonchev–Trinajstić information content (AvgIpc) is 3.02. The van der Waals surface area contributed by atoms with E-state index in [2.05, 4.69) is 10.6 Å². The van der Waals surface area contributed by atoms with Gasteiger partial charge in [-0.2, -0.15) is 0 Å². The van der Waals surface area contributed by atoms with E-state index in [-0.39, 0.29) is 40.9 Å². The molecular weight excluding hydrogens is 433 g/mol. The molecule has 32 heavy (non-hydrogen) atoms. The Labute approximate surface area is 190 Å². The number of hydrogen-bond donors (Lipinski definition) is 2. The number of nitrogens with one attached hydrogen (secondary N) is 2. The van der Waals surface area contributed by atoms with Gasteiger partial charge in [0, 0.05) is 23.8 Å². The highest BCUT2D eigenvalue weighted by Crippen LogP contribution is 2.30. The number of anilines is 1. The molecule has 8 heteroatoms. The number of rotatable bonds is 6. The van der Waals surface area contributed by atoms with Crippen LogP contribution >= 0.6 is 11.6 Å². The maximum atomic E-state index is 13.0. The van der Waals surface area contributed by atoms with Crippen LogP contribution in [0.5, 0.6) is 0 Å². The van der Waals surface area contributed by atoms with Crippen molar-refractivity contribution in [3.05, 3.63) is 76.2 Å². The molecule has 6 nitrogen and oxygen atoms in total. The van der Waals surface area contributed by atoms with E-state index in [0.29, 0.717) is 11.3 Å². The van der Waals surface area contributed by atoms with Crippen molar-refractivity contribution in [1.29, 1.82) is 0 Å². The van der Waals surface area contributed by atoms with Gasteiger partial charge in [0.15, 0.2) is 0 Å². The molecule has 2 N–H and O–H groups in total. The minimum absolute atomic E-state index is 0.0733. The first-order chi connectivity index (χ1) is 15.4. The number of benzene rings is 2. The van der Waals surface area contributed by atoms with E-state index in [9.17, 15) is 18.8 Å². The Bertz CT molecular complexity index is 1060. The van der Waals surface area contributed by atoms with Crippen molar-refractivity contribution in [2.45, 2.75) is 44.7 Å². The van der Waals surface area contributed by atoms with Crippen LogP contribution in [0.15, 0.2) is 59.3 Å². The topological polar surface area (TPSA) is 78.5 Å². The van der Waals surface area contributed by atoms with E-state index in [1.807, 2.05) is 0 Å². The molecule has 2 aliphatic rings. The van der Waals surface area contributed by atoms with Crippen molar-refractivity contribution in [3.8, 4) is 0 Å². The van der Waals surface area contributed by atoms with Crippen molar-refractivity contribution < 1.29 is 18.8 Å². The fourth-order valence-corrected chi connectivity index (χ4v) is 4.28. The standard InChI is InChI=1S/C24H23ClFN3O3/c25-20-21(24(32)29(23(20)31)19-4-2-1-3-5-19)27-14-15-6-8-16(9-7-15)22(30)28-18-12-10-17(26)11-13-18/h6-13,19,27H,1-5,14H2,(H,28,30). The first kappa shape index (κ1) is 22.0. The van der Waals surface area contributed by atoms with Gasteiger partial charge in [0.25, 0.3) is 17.7 Å². The summed E-state index contributed by atoms with van der Waals surface area (Å²) in [4.78, 5) is 39.0. The molecule has 1 fully saturated rings. The van der Waals surface area contributed by atoms with E-state index in [0.717, 1.165) is 37.7 Å². The highest BCUT2D eigenvalue weighted by Gasteiger charge is 2.41. The fraction of sp³-hybridized carbons (Fsp3) is 0.292. The lowest BCUT2D eigenvalue weighted by Crippen LogP contribution is -2.43. The molecule has 0 bridgehead atoms. The Morgan fingerprint density at radius 1 is 0.969 bits per heavy atom. The summed E-state index contributed by atoms with van der Waals surface area (Å²) in [7, 11) is 0. The van der Waals surface area contributed by atoms with Crippen LogP contribution in [0, 0.1) is 5.82 Å². The minimum atomic E-state index is -0.432. The van der Waals surface area contributed by atoms with Crippen molar-refractivity contribution in [3.63, 3.8) is 0 Å². The molecule has 0 radical (unpaired) electrons. The molecular formula is C24H23ClFN3O3. The van der Waals surface area contributed by atoms with Crippen LogP contribution in [0.3, 0.4) is 0 Å². The second kappa shape index (κ2) is 9.53. The summed E-state index contributed by atoms with van der Waals surface area (Å²) in [6, 6.07) is 12.2. The molecule has 0 atom stereocenters. The van der Waals surface area contributed by atoms with Gasteiger partial charge in [-0.25, -0.2) is 4.39 Å². The van der Waals surface area contributed by atoms with E-state index >= 15 is 0 Å².